The van der Waals surface area contributed by atoms with Gasteiger partial charge in [0.2, 0.25) is 0 Å². The smallest absolute Gasteiger partial charge is 0.311 e. The minimum Gasteiger partial charge on any atom is -0.455 e. The predicted molar refractivity (Wildman–Crippen MR) is 107 cm³/mol. The van der Waals surface area contributed by atoms with E-state index >= 15 is 0 Å². The normalized spacial score (nSPS) is 10.2. The topological polar surface area (TPSA) is 92.1 Å². The average molecular weight is 409 g/mol. The molecule has 146 valence electrons. The van der Waals surface area contributed by atoms with Gasteiger partial charge in [-0.25, -0.2) is 9.37 Å². The Labute approximate surface area is 170 Å². The maximum Gasteiger partial charge on any atom is 0.311 e. The van der Waals surface area contributed by atoms with E-state index in [1.807, 2.05) is 13.0 Å². The van der Waals surface area contributed by atoms with E-state index in [2.05, 4.69) is 10.3 Å². The van der Waals surface area contributed by atoms with Crippen LogP contribution in [0.2, 0.25) is 0 Å². The molecule has 0 aliphatic heterocycles. The maximum absolute atomic E-state index is 13.1. The van der Waals surface area contributed by atoms with Gasteiger partial charge in [-0.15, -0.1) is 11.3 Å². The van der Waals surface area contributed by atoms with Crippen LogP contribution in [0.1, 0.15) is 15.4 Å². The summed E-state index contributed by atoms with van der Waals surface area (Å²) in [5.74, 6) is -1.40. The molecule has 6 nitrogen and oxygen atoms in total. The van der Waals surface area contributed by atoms with Crippen LogP contribution >= 0.6 is 11.3 Å². The van der Waals surface area contributed by atoms with Crippen LogP contribution in [0.4, 0.5) is 10.1 Å². The molecule has 3 aromatic rings. The van der Waals surface area contributed by atoms with Gasteiger partial charge in [-0.2, -0.15) is 5.26 Å². The first-order chi connectivity index (χ1) is 13.9. The van der Waals surface area contributed by atoms with Crippen LogP contribution in [-0.2, 0) is 20.7 Å². The molecule has 0 aliphatic carbocycles. The number of ether oxygens (including phenoxy) is 1. The number of carbonyl (C=O) groups excluding carboxylic acids is 2. The zero-order valence-corrected chi connectivity index (χ0v) is 16.3. The molecule has 1 N–H and O–H groups in total. The molecule has 29 heavy (non-hydrogen) atoms. The molecular weight excluding hydrogens is 393 g/mol. The van der Waals surface area contributed by atoms with Crippen molar-refractivity contribution in [1.29, 1.82) is 5.26 Å². The number of nitrogens with zero attached hydrogens (tertiary/aromatic N) is 2. The lowest BCUT2D eigenvalue weighted by molar-refractivity contribution is -0.146. The summed E-state index contributed by atoms with van der Waals surface area (Å²) in [7, 11) is 0. The van der Waals surface area contributed by atoms with Gasteiger partial charge in [-0.3, -0.25) is 9.59 Å². The van der Waals surface area contributed by atoms with Crippen molar-refractivity contribution in [3.63, 3.8) is 0 Å². The van der Waals surface area contributed by atoms with E-state index in [9.17, 15) is 14.0 Å². The summed E-state index contributed by atoms with van der Waals surface area (Å²) in [6, 6.07) is 14.2. The van der Waals surface area contributed by atoms with Gasteiger partial charge in [0.25, 0.3) is 5.91 Å². The van der Waals surface area contributed by atoms with Gasteiger partial charge in [0, 0.05) is 16.1 Å². The Morgan fingerprint density at radius 3 is 2.52 bits per heavy atom. The summed E-state index contributed by atoms with van der Waals surface area (Å²) in [6.07, 6.45) is -0.0393. The molecule has 0 fully saturated rings. The third-order valence-electron chi connectivity index (χ3n) is 3.89. The molecule has 2 aromatic carbocycles. The van der Waals surface area contributed by atoms with Crippen LogP contribution < -0.4 is 5.32 Å². The highest BCUT2D eigenvalue weighted by molar-refractivity contribution is 7.12. The Hall–Kier alpha value is -3.57. The Balaban J connectivity index is 1.57. The largest absolute Gasteiger partial charge is 0.455 e. The number of nitriles is 1. The van der Waals surface area contributed by atoms with Crippen molar-refractivity contribution in [3.8, 4) is 17.3 Å². The van der Waals surface area contributed by atoms with E-state index in [0.717, 1.165) is 5.01 Å². The number of aryl methyl sites for hydroxylation is 1. The fraction of sp³-hybridized carbons (Fsp3) is 0.143. The minimum atomic E-state index is -0.563. The highest BCUT2D eigenvalue weighted by Crippen LogP contribution is 2.28. The molecule has 0 saturated carbocycles. The number of carbonyl (C=O) groups is 2. The second kappa shape index (κ2) is 9.08. The second-order valence-electron chi connectivity index (χ2n) is 6.09. The lowest BCUT2D eigenvalue weighted by Gasteiger charge is -2.07. The number of rotatable bonds is 6. The lowest BCUT2D eigenvalue weighted by Crippen LogP contribution is -2.21. The zero-order valence-electron chi connectivity index (χ0n) is 15.4. The molecule has 0 saturated heterocycles. The van der Waals surface area contributed by atoms with Crippen molar-refractivity contribution in [3.05, 3.63) is 69.8 Å². The fourth-order valence-electron chi connectivity index (χ4n) is 2.58. The zero-order chi connectivity index (χ0) is 20.8. The van der Waals surface area contributed by atoms with E-state index in [-0.39, 0.29) is 12.2 Å². The second-order valence-corrected chi connectivity index (χ2v) is 7.37. The van der Waals surface area contributed by atoms with Gasteiger partial charge in [0.15, 0.2) is 6.61 Å². The fourth-order valence-corrected chi connectivity index (χ4v) is 3.52. The number of amides is 1. The molecule has 1 amide bonds. The molecule has 0 atom stereocenters. The number of anilines is 1. The van der Waals surface area contributed by atoms with Crippen LogP contribution in [0, 0.1) is 24.1 Å². The standard InChI is InChI=1S/C21H16FN3O3S/c1-13-24-21(15-4-6-16(22)7-5-15)18(29-13)10-20(27)28-12-19(26)25-17-8-2-14(11-23)3-9-17/h2-9H,10,12H2,1H3,(H,25,26). The van der Waals surface area contributed by atoms with Crippen molar-refractivity contribution >= 4 is 28.9 Å². The number of benzene rings is 2. The van der Waals surface area contributed by atoms with Crippen LogP contribution in [0.15, 0.2) is 48.5 Å². The van der Waals surface area contributed by atoms with E-state index in [1.54, 1.807) is 36.4 Å². The first-order valence-electron chi connectivity index (χ1n) is 8.62. The SMILES string of the molecule is Cc1nc(-c2ccc(F)cc2)c(CC(=O)OCC(=O)Nc2ccc(C#N)cc2)s1. The van der Waals surface area contributed by atoms with Gasteiger partial charge in [0.05, 0.1) is 28.8 Å². The summed E-state index contributed by atoms with van der Waals surface area (Å²) in [5, 5.41) is 12.1. The number of hydrogen-bond donors (Lipinski definition) is 1. The van der Waals surface area contributed by atoms with Crippen molar-refractivity contribution in [2.45, 2.75) is 13.3 Å². The van der Waals surface area contributed by atoms with E-state index in [0.29, 0.717) is 27.4 Å². The van der Waals surface area contributed by atoms with Gasteiger partial charge in [-0.1, -0.05) is 0 Å². The highest BCUT2D eigenvalue weighted by atomic mass is 32.1. The first-order valence-corrected chi connectivity index (χ1v) is 9.44. The number of halogens is 1. The summed E-state index contributed by atoms with van der Waals surface area (Å²) in [5.41, 5.74) is 2.29. The van der Waals surface area contributed by atoms with Gasteiger partial charge >= 0.3 is 5.97 Å². The number of thiazole rings is 1. The summed E-state index contributed by atoms with van der Waals surface area (Å²) >= 11 is 1.35. The molecule has 0 unspecified atom stereocenters. The van der Waals surface area contributed by atoms with Gasteiger partial charge in [0.1, 0.15) is 5.82 Å². The molecule has 0 aliphatic rings. The number of hydrogen-bond acceptors (Lipinski definition) is 6. The first kappa shape index (κ1) is 20.2. The molecule has 0 radical (unpaired) electrons. The molecular formula is C21H16FN3O3S. The molecule has 0 spiro atoms. The van der Waals surface area contributed by atoms with Gasteiger partial charge in [-0.05, 0) is 55.5 Å². The quantitative estimate of drug-likeness (QED) is 0.624. The van der Waals surface area contributed by atoms with Crippen LogP contribution in [0.3, 0.4) is 0 Å². The highest BCUT2D eigenvalue weighted by Gasteiger charge is 2.16. The Bertz CT molecular complexity index is 1070. The molecule has 1 heterocycles. The van der Waals surface area contributed by atoms with Crippen molar-refractivity contribution in [2.24, 2.45) is 0 Å². The van der Waals surface area contributed by atoms with E-state index in [1.165, 1.54) is 23.5 Å². The molecule has 0 bridgehead atoms. The predicted octanol–water partition coefficient (Wildman–Crippen LogP) is 3.85. The van der Waals surface area contributed by atoms with E-state index in [4.69, 9.17) is 10.00 Å². The van der Waals surface area contributed by atoms with Crippen LogP contribution in [0.5, 0.6) is 0 Å². The third-order valence-corrected chi connectivity index (χ3v) is 4.86. The Kier molecular flexibility index (Phi) is 6.32. The van der Waals surface area contributed by atoms with Gasteiger partial charge < -0.3 is 10.1 Å². The van der Waals surface area contributed by atoms with Crippen molar-refractivity contribution < 1.29 is 18.7 Å². The summed E-state index contributed by atoms with van der Waals surface area (Å²) < 4.78 is 18.2. The number of aromatic nitrogens is 1. The average Bonchev–Trinajstić information content (AvgIpc) is 3.07. The number of esters is 1. The third kappa shape index (κ3) is 5.46. The maximum atomic E-state index is 13.1. The van der Waals surface area contributed by atoms with Crippen LogP contribution in [0.25, 0.3) is 11.3 Å². The van der Waals surface area contributed by atoms with Crippen molar-refractivity contribution in [2.75, 3.05) is 11.9 Å². The molecule has 1 aromatic heterocycles. The summed E-state index contributed by atoms with van der Waals surface area (Å²) in [6.45, 7) is 1.39. The summed E-state index contributed by atoms with van der Waals surface area (Å²) in [4.78, 5) is 29.2. The van der Waals surface area contributed by atoms with E-state index < -0.39 is 18.5 Å². The molecule has 3 rings (SSSR count). The van der Waals surface area contributed by atoms with Crippen molar-refractivity contribution in [1.82, 2.24) is 4.98 Å². The Morgan fingerprint density at radius 2 is 1.86 bits per heavy atom. The Morgan fingerprint density at radius 1 is 1.17 bits per heavy atom. The molecule has 8 heteroatoms. The number of nitrogens with one attached hydrogen (secondary N) is 1. The monoisotopic (exact) mass is 409 g/mol. The lowest BCUT2D eigenvalue weighted by atomic mass is 10.1. The van der Waals surface area contributed by atoms with Crippen LogP contribution in [-0.4, -0.2) is 23.5 Å². The minimum absolute atomic E-state index is 0.0393.